The summed E-state index contributed by atoms with van der Waals surface area (Å²) in [4.78, 5) is 33.1. The Bertz CT molecular complexity index is 1850. The van der Waals surface area contributed by atoms with E-state index in [-0.39, 0.29) is 12.2 Å². The number of fused-ring (bicyclic) bond motifs is 1. The number of carbonyl (C=O) groups is 1. The Hall–Kier alpha value is -2.77. The molecule has 1 aliphatic rings. The summed E-state index contributed by atoms with van der Waals surface area (Å²) in [6, 6.07) is 21.7. The second-order valence-corrected chi connectivity index (χ2v) is 14.2. The molecule has 0 saturated heterocycles. The number of hydrogen-bond acceptors (Lipinski definition) is 6. The van der Waals surface area contributed by atoms with Crippen LogP contribution in [0.15, 0.2) is 87.8 Å². The Morgan fingerprint density at radius 3 is 2.34 bits per heavy atom. The lowest BCUT2D eigenvalue weighted by molar-refractivity contribution is -0.139. The lowest BCUT2D eigenvalue weighted by atomic mass is 9.92. The minimum Gasteiger partial charge on any atom is -0.487 e. The monoisotopic (exact) mass is 832 g/mol. The molecule has 2 heterocycles. The normalized spacial score (nSPS) is 14.9. The van der Waals surface area contributed by atoms with Gasteiger partial charge in [-0.2, -0.15) is 0 Å². The topological polar surface area (TPSA) is 69.9 Å². The van der Waals surface area contributed by atoms with Crippen molar-refractivity contribution in [3.63, 3.8) is 0 Å². The summed E-state index contributed by atoms with van der Waals surface area (Å²) in [5, 5.41) is 0. The predicted molar refractivity (Wildman–Crippen MR) is 193 cm³/mol. The summed E-state index contributed by atoms with van der Waals surface area (Å²) >= 11 is 5.92. The number of allylic oxidation sites excluding steroid dienone is 1. The number of halogens is 2. The largest absolute Gasteiger partial charge is 0.487 e. The molecule has 5 rings (SSSR count). The van der Waals surface area contributed by atoms with E-state index in [1.165, 1.54) is 16.9 Å². The molecule has 44 heavy (non-hydrogen) atoms. The van der Waals surface area contributed by atoms with Gasteiger partial charge in [0.1, 0.15) is 12.4 Å². The van der Waals surface area contributed by atoms with Gasteiger partial charge in [-0.05, 0) is 105 Å². The van der Waals surface area contributed by atoms with Crippen molar-refractivity contribution >= 4 is 68.6 Å². The van der Waals surface area contributed by atoms with E-state index >= 15 is 0 Å². The van der Waals surface area contributed by atoms with Crippen LogP contribution in [-0.2, 0) is 16.1 Å². The van der Waals surface area contributed by atoms with Crippen molar-refractivity contribution in [1.29, 1.82) is 0 Å². The highest BCUT2D eigenvalue weighted by molar-refractivity contribution is 14.1. The van der Waals surface area contributed by atoms with Crippen LogP contribution in [0, 0.1) is 7.14 Å². The van der Waals surface area contributed by atoms with Gasteiger partial charge in [-0.3, -0.25) is 9.36 Å². The van der Waals surface area contributed by atoms with Crippen molar-refractivity contribution < 1.29 is 14.3 Å². The average molecular weight is 833 g/mol. The zero-order valence-corrected chi connectivity index (χ0v) is 30.2. The molecule has 6 nitrogen and oxygen atoms in total. The molecule has 3 aromatic carbocycles. The molecule has 228 valence electrons. The molecule has 0 saturated carbocycles. The molecule has 0 amide bonds. The Morgan fingerprint density at radius 2 is 1.73 bits per heavy atom. The van der Waals surface area contributed by atoms with Crippen LogP contribution in [0.4, 0.5) is 0 Å². The van der Waals surface area contributed by atoms with Crippen molar-refractivity contribution in [3.8, 4) is 5.75 Å². The molecule has 1 aromatic heterocycles. The van der Waals surface area contributed by atoms with Gasteiger partial charge >= 0.3 is 5.97 Å². The molecule has 0 aliphatic carbocycles. The van der Waals surface area contributed by atoms with Crippen LogP contribution < -0.4 is 19.6 Å². The molecule has 0 spiro atoms. The van der Waals surface area contributed by atoms with E-state index < -0.39 is 12.0 Å². The smallest absolute Gasteiger partial charge is 0.338 e. The first-order valence-corrected chi connectivity index (χ1v) is 17.7. The van der Waals surface area contributed by atoms with Gasteiger partial charge in [-0.25, -0.2) is 9.79 Å². The van der Waals surface area contributed by atoms with Crippen molar-refractivity contribution in [2.24, 2.45) is 4.99 Å². The zero-order chi connectivity index (χ0) is 31.4. The van der Waals surface area contributed by atoms with Gasteiger partial charge in [-0.15, -0.1) is 0 Å². The van der Waals surface area contributed by atoms with E-state index in [1.54, 1.807) is 11.5 Å². The van der Waals surface area contributed by atoms with Gasteiger partial charge < -0.3 is 9.47 Å². The quantitative estimate of drug-likeness (QED) is 0.123. The Balaban J connectivity index is 1.60. The van der Waals surface area contributed by atoms with Crippen LogP contribution in [0.1, 0.15) is 74.8 Å². The summed E-state index contributed by atoms with van der Waals surface area (Å²) in [5.41, 5.74) is 4.98. The van der Waals surface area contributed by atoms with Gasteiger partial charge in [0.2, 0.25) is 0 Å². The van der Waals surface area contributed by atoms with Crippen LogP contribution in [0.3, 0.4) is 0 Å². The molecule has 0 fully saturated rings. The fourth-order valence-electron chi connectivity index (χ4n) is 5.18. The van der Waals surface area contributed by atoms with Crippen molar-refractivity contribution in [2.45, 2.75) is 59.1 Å². The van der Waals surface area contributed by atoms with Crippen molar-refractivity contribution in [3.05, 3.63) is 127 Å². The first-order valence-electron chi connectivity index (χ1n) is 14.7. The summed E-state index contributed by atoms with van der Waals surface area (Å²) in [7, 11) is 0. The Kier molecular flexibility index (Phi) is 10.8. The van der Waals surface area contributed by atoms with E-state index in [4.69, 9.17) is 14.5 Å². The fourth-order valence-corrected chi connectivity index (χ4v) is 8.33. The number of esters is 1. The molecule has 0 N–H and O–H groups in total. The zero-order valence-electron chi connectivity index (χ0n) is 25.1. The average Bonchev–Trinajstić information content (AvgIpc) is 3.30. The highest BCUT2D eigenvalue weighted by atomic mass is 127. The van der Waals surface area contributed by atoms with Crippen LogP contribution in [0.2, 0.25) is 0 Å². The van der Waals surface area contributed by atoms with Gasteiger partial charge in [-0.1, -0.05) is 93.1 Å². The number of carbonyl (C=O) groups excluding carboxylic acids is 1. The lowest BCUT2D eigenvalue weighted by Crippen LogP contribution is -2.40. The fraction of sp³-hybridized carbons (Fsp3) is 0.286. The second-order valence-electron chi connectivity index (χ2n) is 10.8. The summed E-state index contributed by atoms with van der Waals surface area (Å²) in [6.45, 7) is 8.86. The van der Waals surface area contributed by atoms with E-state index in [1.807, 2.05) is 60.7 Å². The summed E-state index contributed by atoms with van der Waals surface area (Å²) in [6.07, 6.45) is 3.33. The van der Waals surface area contributed by atoms with Gasteiger partial charge in [0.15, 0.2) is 4.80 Å². The maximum Gasteiger partial charge on any atom is 0.338 e. The molecule has 1 unspecified atom stereocenters. The molecule has 9 heteroatoms. The first-order chi connectivity index (χ1) is 21.2. The third kappa shape index (κ3) is 7.04. The first kappa shape index (κ1) is 32.6. The number of thiazole rings is 1. The standard InChI is InChI=1S/C35H34I2N2O4S/c1-5-10-28-30(34(41)42-6-2)31(25-15-13-24(14-16-25)21(3)4)39-33(40)29(44-35(39)38-28)19-23-17-26(36)32(27(37)18-23)43-20-22-11-8-7-9-12-22/h7-9,11-19,21,31H,5-6,10,20H2,1-4H3/b29-19-. The van der Waals surface area contributed by atoms with Crippen LogP contribution in [-0.4, -0.2) is 17.1 Å². The SMILES string of the molecule is CCCC1=C(C(=O)OCC)C(c2ccc(C(C)C)cc2)n2c(s/c(=C\c3cc(I)c(OCc4ccccc4)c(I)c3)c2=O)=N1. The highest BCUT2D eigenvalue weighted by Gasteiger charge is 2.34. The number of rotatable bonds is 10. The van der Waals surface area contributed by atoms with E-state index in [9.17, 15) is 9.59 Å². The minimum absolute atomic E-state index is 0.182. The third-order valence-electron chi connectivity index (χ3n) is 7.36. The van der Waals surface area contributed by atoms with Crippen LogP contribution in [0.5, 0.6) is 5.75 Å². The third-order valence-corrected chi connectivity index (χ3v) is 9.94. The molecular formula is C35H34I2N2O4S. The molecule has 1 atom stereocenters. The van der Waals surface area contributed by atoms with Crippen LogP contribution in [0.25, 0.3) is 6.08 Å². The number of ether oxygens (including phenoxy) is 2. The molecule has 0 radical (unpaired) electrons. The highest BCUT2D eigenvalue weighted by Crippen LogP contribution is 2.34. The minimum atomic E-state index is -0.621. The lowest BCUT2D eigenvalue weighted by Gasteiger charge is -2.26. The summed E-state index contributed by atoms with van der Waals surface area (Å²) in [5.74, 6) is 0.756. The molecule has 4 aromatic rings. The number of aromatic nitrogens is 1. The Labute approximate surface area is 288 Å². The van der Waals surface area contributed by atoms with E-state index in [0.29, 0.717) is 39.5 Å². The summed E-state index contributed by atoms with van der Waals surface area (Å²) < 4.78 is 15.8. The Morgan fingerprint density at radius 1 is 1.05 bits per heavy atom. The number of benzene rings is 3. The number of hydrogen-bond donors (Lipinski definition) is 0. The van der Waals surface area contributed by atoms with Gasteiger partial charge in [0, 0.05) is 0 Å². The number of nitrogens with zero attached hydrogens (tertiary/aromatic N) is 2. The van der Waals surface area contributed by atoms with Crippen molar-refractivity contribution in [1.82, 2.24) is 4.57 Å². The van der Waals surface area contributed by atoms with Crippen LogP contribution >= 0.6 is 56.5 Å². The molecule has 0 bridgehead atoms. The maximum atomic E-state index is 14.1. The van der Waals surface area contributed by atoms with E-state index in [0.717, 1.165) is 36.0 Å². The maximum absolute atomic E-state index is 14.1. The second kappa shape index (κ2) is 14.6. The molecular weight excluding hydrogens is 798 g/mol. The van der Waals surface area contributed by atoms with Gasteiger partial charge in [0.25, 0.3) is 5.56 Å². The van der Waals surface area contributed by atoms with Crippen molar-refractivity contribution in [2.75, 3.05) is 6.61 Å². The van der Waals surface area contributed by atoms with Gasteiger partial charge in [0.05, 0.1) is 35.6 Å². The molecule has 1 aliphatic heterocycles. The van der Waals surface area contributed by atoms with E-state index in [2.05, 4.69) is 78.1 Å². The predicted octanol–water partition coefficient (Wildman–Crippen LogP) is 7.49.